The number of benzene rings is 2. The molecule has 1 aliphatic rings. The van der Waals surface area contributed by atoms with Gasteiger partial charge in [0.05, 0.1) is 22.4 Å². The van der Waals surface area contributed by atoms with E-state index in [4.69, 9.17) is 21.1 Å². The standard InChI is InChI=1S/C28H23ClN2O4S2/c1-3-34-27(33)24-17(2)30-28-31(25(24)22-10-7-13-36-22)26(32)23(37-28)15-19-14-20(29)11-12-21(19)35-16-18-8-5-4-6-9-18/h4-15,25H,3,16H2,1-2H3/b23-15-/t25-/m1/s1. The molecule has 2 aromatic heterocycles. The van der Waals surface area contributed by atoms with Crippen molar-refractivity contribution in [2.24, 2.45) is 4.99 Å². The number of hydrogen-bond donors (Lipinski definition) is 0. The molecule has 5 rings (SSSR count). The van der Waals surface area contributed by atoms with E-state index in [0.717, 1.165) is 10.4 Å². The number of ether oxygens (including phenoxy) is 2. The monoisotopic (exact) mass is 550 g/mol. The SMILES string of the molecule is CCOC(=O)C1=C(C)N=c2s/c(=C\c3cc(Cl)ccc3OCc3ccccc3)c(=O)n2[C@@H]1c1cccs1. The zero-order valence-corrected chi connectivity index (χ0v) is 22.5. The van der Waals surface area contributed by atoms with Crippen molar-refractivity contribution in [3.8, 4) is 5.75 Å². The average molecular weight is 551 g/mol. The number of thiazole rings is 1. The summed E-state index contributed by atoms with van der Waals surface area (Å²) in [6.45, 7) is 4.14. The van der Waals surface area contributed by atoms with Gasteiger partial charge in [-0.2, -0.15) is 0 Å². The Hall–Kier alpha value is -3.46. The molecule has 0 amide bonds. The van der Waals surface area contributed by atoms with Crippen LogP contribution in [-0.2, 0) is 16.1 Å². The van der Waals surface area contributed by atoms with E-state index in [9.17, 15) is 9.59 Å². The number of fused-ring (bicyclic) bond motifs is 1. The topological polar surface area (TPSA) is 69.9 Å². The second-order valence-corrected chi connectivity index (χ2v) is 10.7. The van der Waals surface area contributed by atoms with Crippen LogP contribution < -0.4 is 19.6 Å². The van der Waals surface area contributed by atoms with E-state index in [1.165, 1.54) is 22.7 Å². The van der Waals surface area contributed by atoms with Gasteiger partial charge < -0.3 is 9.47 Å². The minimum Gasteiger partial charge on any atom is -0.488 e. The summed E-state index contributed by atoms with van der Waals surface area (Å²) in [4.78, 5) is 32.7. The fraction of sp³-hybridized carbons (Fsp3) is 0.179. The van der Waals surface area contributed by atoms with Crippen LogP contribution in [0.25, 0.3) is 6.08 Å². The molecule has 6 nitrogen and oxygen atoms in total. The maximum Gasteiger partial charge on any atom is 0.338 e. The summed E-state index contributed by atoms with van der Waals surface area (Å²) in [5.74, 6) is 0.139. The third kappa shape index (κ3) is 5.18. The van der Waals surface area contributed by atoms with Crippen LogP contribution in [0.3, 0.4) is 0 Å². The quantitative estimate of drug-likeness (QED) is 0.300. The van der Waals surface area contributed by atoms with Crippen molar-refractivity contribution in [1.29, 1.82) is 0 Å². The van der Waals surface area contributed by atoms with Gasteiger partial charge in [0, 0.05) is 15.5 Å². The maximum absolute atomic E-state index is 13.8. The normalized spacial score (nSPS) is 15.3. The van der Waals surface area contributed by atoms with Crippen molar-refractivity contribution in [3.05, 3.63) is 118 Å². The second-order valence-electron chi connectivity index (χ2n) is 8.27. The molecule has 0 aliphatic carbocycles. The van der Waals surface area contributed by atoms with Crippen LogP contribution >= 0.6 is 34.3 Å². The van der Waals surface area contributed by atoms with Crippen molar-refractivity contribution in [2.45, 2.75) is 26.5 Å². The molecular formula is C28H23ClN2O4S2. The zero-order valence-electron chi connectivity index (χ0n) is 20.1. The summed E-state index contributed by atoms with van der Waals surface area (Å²) < 4.78 is 13.4. The molecule has 0 unspecified atom stereocenters. The van der Waals surface area contributed by atoms with E-state index >= 15 is 0 Å². The number of esters is 1. The van der Waals surface area contributed by atoms with E-state index in [-0.39, 0.29) is 12.2 Å². The molecule has 0 bridgehead atoms. The Balaban J connectivity index is 1.61. The Kier molecular flexibility index (Phi) is 7.41. The van der Waals surface area contributed by atoms with Gasteiger partial charge in [0.1, 0.15) is 18.4 Å². The van der Waals surface area contributed by atoms with E-state index in [1.807, 2.05) is 47.8 Å². The Morgan fingerprint density at radius 1 is 1.16 bits per heavy atom. The number of thiophene rings is 1. The Labute approximate surface area is 226 Å². The van der Waals surface area contributed by atoms with Gasteiger partial charge in [0.15, 0.2) is 4.80 Å². The fourth-order valence-electron chi connectivity index (χ4n) is 4.15. The minimum absolute atomic E-state index is 0.234. The van der Waals surface area contributed by atoms with Gasteiger partial charge in [0.2, 0.25) is 0 Å². The minimum atomic E-state index is -0.606. The molecule has 3 heterocycles. The summed E-state index contributed by atoms with van der Waals surface area (Å²) in [6.07, 6.45) is 1.77. The number of halogens is 1. The number of carbonyl (C=O) groups is 1. The van der Waals surface area contributed by atoms with Crippen molar-refractivity contribution < 1.29 is 14.3 Å². The average Bonchev–Trinajstić information content (AvgIpc) is 3.52. The molecule has 9 heteroatoms. The summed E-state index contributed by atoms with van der Waals surface area (Å²) in [6, 6.07) is 18.4. The first-order chi connectivity index (χ1) is 18.0. The number of carbonyl (C=O) groups excluding carboxylic acids is 1. The molecule has 4 aromatic rings. The molecule has 37 heavy (non-hydrogen) atoms. The van der Waals surface area contributed by atoms with Gasteiger partial charge in [-0.15, -0.1) is 11.3 Å². The number of rotatable bonds is 7. The highest BCUT2D eigenvalue weighted by Crippen LogP contribution is 2.33. The van der Waals surface area contributed by atoms with E-state index in [2.05, 4.69) is 4.99 Å². The molecule has 188 valence electrons. The lowest BCUT2D eigenvalue weighted by atomic mass is 10.0. The lowest BCUT2D eigenvalue weighted by molar-refractivity contribution is -0.139. The molecule has 1 atom stereocenters. The Bertz CT molecular complexity index is 1650. The summed E-state index contributed by atoms with van der Waals surface area (Å²) >= 11 is 9.05. The van der Waals surface area contributed by atoms with Crippen LogP contribution in [0.4, 0.5) is 0 Å². The van der Waals surface area contributed by atoms with Gasteiger partial charge >= 0.3 is 5.97 Å². The largest absolute Gasteiger partial charge is 0.488 e. The van der Waals surface area contributed by atoms with Gasteiger partial charge in [-0.3, -0.25) is 9.36 Å². The lowest BCUT2D eigenvalue weighted by Crippen LogP contribution is -2.39. The number of aromatic nitrogens is 1. The zero-order chi connectivity index (χ0) is 25.9. The maximum atomic E-state index is 13.8. The number of hydrogen-bond acceptors (Lipinski definition) is 7. The van der Waals surface area contributed by atoms with Crippen LogP contribution in [0.5, 0.6) is 5.75 Å². The number of allylic oxidation sites excluding steroid dienone is 1. The molecular weight excluding hydrogens is 528 g/mol. The Morgan fingerprint density at radius 2 is 1.97 bits per heavy atom. The van der Waals surface area contributed by atoms with Gasteiger partial charge in [-0.1, -0.05) is 59.3 Å². The highest BCUT2D eigenvalue weighted by Gasteiger charge is 2.33. The highest BCUT2D eigenvalue weighted by atomic mass is 35.5. The third-order valence-corrected chi connectivity index (χ3v) is 7.97. The molecule has 1 aliphatic heterocycles. The Morgan fingerprint density at radius 3 is 2.70 bits per heavy atom. The van der Waals surface area contributed by atoms with Crippen LogP contribution in [0.1, 0.15) is 35.9 Å². The molecule has 0 radical (unpaired) electrons. The molecule has 2 aromatic carbocycles. The van der Waals surface area contributed by atoms with Gasteiger partial charge in [-0.25, -0.2) is 9.79 Å². The smallest absolute Gasteiger partial charge is 0.338 e. The highest BCUT2D eigenvalue weighted by molar-refractivity contribution is 7.10. The lowest BCUT2D eigenvalue weighted by Gasteiger charge is -2.23. The van der Waals surface area contributed by atoms with E-state index < -0.39 is 12.0 Å². The number of nitrogens with zero attached hydrogens (tertiary/aromatic N) is 2. The van der Waals surface area contributed by atoms with Crippen molar-refractivity contribution in [3.63, 3.8) is 0 Å². The van der Waals surface area contributed by atoms with Crippen molar-refractivity contribution >= 4 is 46.3 Å². The van der Waals surface area contributed by atoms with Crippen LogP contribution in [0, 0.1) is 0 Å². The second kappa shape index (κ2) is 10.9. The van der Waals surface area contributed by atoms with Crippen molar-refractivity contribution in [2.75, 3.05) is 6.61 Å². The molecule has 0 fully saturated rings. The molecule has 0 saturated carbocycles. The summed E-state index contributed by atoms with van der Waals surface area (Å²) in [5.41, 5.74) is 2.38. The van der Waals surface area contributed by atoms with Crippen LogP contribution in [0.15, 0.2) is 87.1 Å². The third-order valence-electron chi connectivity index (χ3n) is 5.83. The van der Waals surface area contributed by atoms with E-state index in [0.29, 0.717) is 43.5 Å². The molecule has 0 saturated heterocycles. The van der Waals surface area contributed by atoms with Gasteiger partial charge in [-0.05, 0) is 55.1 Å². The summed E-state index contributed by atoms with van der Waals surface area (Å²) in [7, 11) is 0. The molecule has 0 spiro atoms. The van der Waals surface area contributed by atoms with Crippen LogP contribution in [0.2, 0.25) is 5.02 Å². The first-order valence-electron chi connectivity index (χ1n) is 11.7. The van der Waals surface area contributed by atoms with Gasteiger partial charge in [0.25, 0.3) is 5.56 Å². The predicted octanol–water partition coefficient (Wildman–Crippen LogP) is 5.09. The molecule has 0 N–H and O–H groups in total. The first kappa shape index (κ1) is 25.2. The predicted molar refractivity (Wildman–Crippen MR) is 147 cm³/mol. The first-order valence-corrected chi connectivity index (χ1v) is 13.7. The van der Waals surface area contributed by atoms with Crippen molar-refractivity contribution in [1.82, 2.24) is 4.57 Å². The van der Waals surface area contributed by atoms with E-state index in [1.54, 1.807) is 42.7 Å². The fourth-order valence-corrected chi connectivity index (χ4v) is 6.19. The van der Waals surface area contributed by atoms with Crippen LogP contribution in [-0.4, -0.2) is 17.1 Å². The summed E-state index contributed by atoms with van der Waals surface area (Å²) in [5, 5.41) is 2.45.